The molecule has 0 fully saturated rings. The van der Waals surface area contributed by atoms with E-state index < -0.39 is 17.6 Å². The van der Waals surface area contributed by atoms with E-state index in [0.717, 1.165) is 36.2 Å². The van der Waals surface area contributed by atoms with Crippen molar-refractivity contribution in [2.75, 3.05) is 0 Å². The van der Waals surface area contributed by atoms with Gasteiger partial charge in [0, 0.05) is 6.20 Å². The Morgan fingerprint density at radius 3 is 2.74 bits per heavy atom. The van der Waals surface area contributed by atoms with Gasteiger partial charge in [-0.1, -0.05) is 23.4 Å². The Kier molecular flexibility index (Phi) is 4.01. The van der Waals surface area contributed by atoms with E-state index in [4.69, 9.17) is 16.7 Å². The molecule has 0 aliphatic carbocycles. The van der Waals surface area contributed by atoms with Crippen LogP contribution in [0.4, 0.5) is 8.78 Å². The van der Waals surface area contributed by atoms with Crippen molar-refractivity contribution in [3.05, 3.63) is 52.7 Å². The summed E-state index contributed by atoms with van der Waals surface area (Å²) in [5, 5.41) is 9.10. The SMILES string of the molecule is O=C(O)c1cc(Sc2cc(F)ccc2F)ncc1Cl. The van der Waals surface area contributed by atoms with Crippen LogP contribution in [0.2, 0.25) is 5.02 Å². The van der Waals surface area contributed by atoms with Gasteiger partial charge in [0.2, 0.25) is 0 Å². The average molecular weight is 302 g/mol. The number of aromatic nitrogens is 1. The lowest BCUT2D eigenvalue weighted by Gasteiger charge is -2.04. The summed E-state index contributed by atoms with van der Waals surface area (Å²) in [6, 6.07) is 4.21. The Bertz CT molecular complexity index is 652. The summed E-state index contributed by atoms with van der Waals surface area (Å²) in [6.45, 7) is 0. The van der Waals surface area contributed by atoms with Gasteiger partial charge in [-0.2, -0.15) is 0 Å². The highest BCUT2D eigenvalue weighted by Crippen LogP contribution is 2.30. The predicted octanol–water partition coefficient (Wildman–Crippen LogP) is 3.86. The summed E-state index contributed by atoms with van der Waals surface area (Å²) >= 11 is 6.48. The fraction of sp³-hybridized carbons (Fsp3) is 0. The number of benzene rings is 1. The van der Waals surface area contributed by atoms with Crippen LogP contribution in [0.3, 0.4) is 0 Å². The minimum Gasteiger partial charge on any atom is -0.478 e. The van der Waals surface area contributed by atoms with E-state index in [1.165, 1.54) is 6.07 Å². The molecule has 0 atom stereocenters. The number of rotatable bonds is 3. The molecule has 2 rings (SSSR count). The number of carboxylic acid groups (broad SMARTS) is 1. The first-order valence-corrected chi connectivity index (χ1v) is 6.18. The molecule has 0 saturated carbocycles. The van der Waals surface area contributed by atoms with Gasteiger partial charge in [0.05, 0.1) is 15.5 Å². The van der Waals surface area contributed by atoms with Gasteiger partial charge in [-0.05, 0) is 24.3 Å². The Balaban J connectivity index is 2.36. The molecule has 0 unspecified atom stereocenters. The molecule has 1 aromatic carbocycles. The molecule has 0 saturated heterocycles. The molecule has 7 heteroatoms. The number of hydrogen-bond acceptors (Lipinski definition) is 3. The van der Waals surface area contributed by atoms with Crippen molar-refractivity contribution >= 4 is 29.3 Å². The smallest absolute Gasteiger partial charge is 0.337 e. The van der Waals surface area contributed by atoms with E-state index in [2.05, 4.69) is 4.98 Å². The van der Waals surface area contributed by atoms with E-state index in [-0.39, 0.29) is 20.5 Å². The van der Waals surface area contributed by atoms with Crippen LogP contribution >= 0.6 is 23.4 Å². The van der Waals surface area contributed by atoms with Crippen molar-refractivity contribution < 1.29 is 18.7 Å². The predicted molar refractivity (Wildman–Crippen MR) is 66.7 cm³/mol. The zero-order chi connectivity index (χ0) is 14.0. The number of aromatic carboxylic acids is 1. The van der Waals surface area contributed by atoms with Crippen molar-refractivity contribution in [3.63, 3.8) is 0 Å². The second-order valence-corrected chi connectivity index (χ2v) is 4.95. The first kappa shape index (κ1) is 13.8. The van der Waals surface area contributed by atoms with Crippen molar-refractivity contribution in [2.45, 2.75) is 9.92 Å². The van der Waals surface area contributed by atoms with Crippen LogP contribution in [0.1, 0.15) is 10.4 Å². The van der Waals surface area contributed by atoms with Crippen molar-refractivity contribution in [1.82, 2.24) is 4.98 Å². The minimum atomic E-state index is -1.21. The minimum absolute atomic E-state index is 0.0171. The maximum absolute atomic E-state index is 13.4. The number of carboxylic acids is 1. The molecule has 1 N–H and O–H groups in total. The number of hydrogen-bond donors (Lipinski definition) is 1. The Labute approximate surface area is 116 Å². The molecule has 2 aromatic rings. The second-order valence-electron chi connectivity index (χ2n) is 3.48. The van der Waals surface area contributed by atoms with E-state index in [0.29, 0.717) is 0 Å². The van der Waals surface area contributed by atoms with Crippen LogP contribution in [-0.2, 0) is 0 Å². The summed E-state index contributed by atoms with van der Waals surface area (Å²) in [7, 11) is 0. The van der Waals surface area contributed by atoms with E-state index in [9.17, 15) is 13.6 Å². The fourth-order valence-corrected chi connectivity index (χ4v) is 2.34. The summed E-state index contributed by atoms with van der Waals surface area (Å²) < 4.78 is 26.4. The quantitative estimate of drug-likeness (QED) is 0.935. The highest BCUT2D eigenvalue weighted by molar-refractivity contribution is 7.99. The molecule has 0 spiro atoms. The molecule has 19 heavy (non-hydrogen) atoms. The molecule has 0 bridgehead atoms. The topological polar surface area (TPSA) is 50.2 Å². The van der Waals surface area contributed by atoms with Gasteiger partial charge in [0.25, 0.3) is 0 Å². The molecular weight excluding hydrogens is 296 g/mol. The third-order valence-corrected chi connectivity index (χ3v) is 3.43. The average Bonchev–Trinajstić information content (AvgIpc) is 2.36. The molecular formula is C12H6ClF2NO2S. The number of pyridine rings is 1. The molecule has 0 aliphatic heterocycles. The largest absolute Gasteiger partial charge is 0.478 e. The van der Waals surface area contributed by atoms with Crippen molar-refractivity contribution in [1.29, 1.82) is 0 Å². The summed E-state index contributed by atoms with van der Waals surface area (Å²) in [4.78, 5) is 14.8. The molecule has 1 aromatic heterocycles. The van der Waals surface area contributed by atoms with Crippen LogP contribution in [0.25, 0.3) is 0 Å². The van der Waals surface area contributed by atoms with Crippen molar-refractivity contribution in [3.8, 4) is 0 Å². The van der Waals surface area contributed by atoms with Gasteiger partial charge in [0.15, 0.2) is 0 Å². The van der Waals surface area contributed by atoms with Gasteiger partial charge < -0.3 is 5.11 Å². The third-order valence-electron chi connectivity index (χ3n) is 2.17. The molecule has 0 aliphatic rings. The van der Waals surface area contributed by atoms with E-state index in [1.807, 2.05) is 0 Å². The zero-order valence-corrected chi connectivity index (χ0v) is 10.8. The standard InChI is InChI=1S/C12H6ClF2NO2S/c13-8-5-16-11(4-7(8)12(17)18)19-10-3-6(14)1-2-9(10)15/h1-5H,(H,17,18). The van der Waals surface area contributed by atoms with Gasteiger partial charge in [-0.3, -0.25) is 0 Å². The Morgan fingerprint density at radius 2 is 2.05 bits per heavy atom. The normalized spacial score (nSPS) is 10.5. The summed E-state index contributed by atoms with van der Waals surface area (Å²) in [6.07, 6.45) is 1.16. The molecule has 0 radical (unpaired) electrons. The Morgan fingerprint density at radius 1 is 1.32 bits per heavy atom. The Hall–Kier alpha value is -1.66. The lowest BCUT2D eigenvalue weighted by Crippen LogP contribution is -1.98. The first-order valence-electron chi connectivity index (χ1n) is 4.99. The van der Waals surface area contributed by atoms with Gasteiger partial charge in [0.1, 0.15) is 16.7 Å². The van der Waals surface area contributed by atoms with Crippen LogP contribution in [-0.4, -0.2) is 16.1 Å². The van der Waals surface area contributed by atoms with Crippen LogP contribution in [0.15, 0.2) is 40.4 Å². The van der Waals surface area contributed by atoms with E-state index >= 15 is 0 Å². The lowest BCUT2D eigenvalue weighted by molar-refractivity contribution is 0.0696. The molecule has 1 heterocycles. The maximum Gasteiger partial charge on any atom is 0.337 e. The number of carbonyl (C=O) groups is 1. The lowest BCUT2D eigenvalue weighted by atomic mass is 10.3. The van der Waals surface area contributed by atoms with Gasteiger partial charge >= 0.3 is 5.97 Å². The second kappa shape index (κ2) is 5.54. The summed E-state index contributed by atoms with van der Waals surface area (Å²) in [5.41, 5.74) is -0.143. The number of halogens is 3. The van der Waals surface area contributed by atoms with Crippen LogP contribution < -0.4 is 0 Å². The highest BCUT2D eigenvalue weighted by Gasteiger charge is 2.13. The van der Waals surface area contributed by atoms with E-state index in [1.54, 1.807) is 0 Å². The number of nitrogens with zero attached hydrogens (tertiary/aromatic N) is 1. The monoisotopic (exact) mass is 301 g/mol. The van der Waals surface area contributed by atoms with Gasteiger partial charge in [-0.15, -0.1) is 0 Å². The van der Waals surface area contributed by atoms with Crippen molar-refractivity contribution in [2.24, 2.45) is 0 Å². The van der Waals surface area contributed by atoms with Crippen LogP contribution in [0.5, 0.6) is 0 Å². The highest BCUT2D eigenvalue weighted by atomic mass is 35.5. The first-order chi connectivity index (χ1) is 8.97. The molecule has 0 amide bonds. The van der Waals surface area contributed by atoms with Gasteiger partial charge in [-0.25, -0.2) is 18.6 Å². The summed E-state index contributed by atoms with van der Waals surface area (Å²) in [5.74, 6) is -2.41. The zero-order valence-electron chi connectivity index (χ0n) is 9.23. The third kappa shape index (κ3) is 3.21. The maximum atomic E-state index is 13.4. The van der Waals surface area contributed by atoms with Crippen LogP contribution in [0, 0.1) is 11.6 Å². The molecule has 98 valence electrons. The fourth-order valence-electron chi connectivity index (χ4n) is 1.31. The molecule has 3 nitrogen and oxygen atoms in total.